The van der Waals surface area contributed by atoms with Gasteiger partial charge in [0.05, 0.1) is 0 Å². The third-order valence-corrected chi connectivity index (χ3v) is 3.27. The summed E-state index contributed by atoms with van der Waals surface area (Å²) in [5.41, 5.74) is 0. The van der Waals surface area contributed by atoms with Gasteiger partial charge in [-0.2, -0.15) is 0 Å². The van der Waals surface area contributed by atoms with Crippen LogP contribution in [0.4, 0.5) is 9.52 Å². The van der Waals surface area contributed by atoms with Gasteiger partial charge in [-0.05, 0) is 37.6 Å². The molecule has 0 saturated heterocycles. The molecule has 1 aromatic carbocycles. The van der Waals surface area contributed by atoms with Gasteiger partial charge in [-0.3, -0.25) is 10.1 Å². The Balaban J connectivity index is 2.00. The second kappa shape index (κ2) is 6.42. The topological polar surface area (TPSA) is 64.1 Å². The van der Waals surface area contributed by atoms with Crippen molar-refractivity contribution < 1.29 is 13.9 Å². The third kappa shape index (κ3) is 3.74. The highest BCUT2D eigenvalue weighted by atomic mass is 32.1. The molecular weight excluding hydrogens is 281 g/mol. The third-order valence-electron chi connectivity index (χ3n) is 2.51. The summed E-state index contributed by atoms with van der Waals surface area (Å²) in [6, 6.07) is 5.54. The Kier molecular flexibility index (Phi) is 4.62. The van der Waals surface area contributed by atoms with Crippen molar-refractivity contribution in [1.29, 1.82) is 0 Å². The first-order chi connectivity index (χ1) is 9.58. The molecule has 2 rings (SSSR count). The minimum atomic E-state index is -0.662. The number of nitrogens with one attached hydrogen (secondary N) is 1. The monoisotopic (exact) mass is 295 g/mol. The van der Waals surface area contributed by atoms with E-state index in [9.17, 15) is 9.18 Å². The average molecular weight is 295 g/mol. The molecule has 20 heavy (non-hydrogen) atoms. The number of rotatable bonds is 5. The normalized spacial score (nSPS) is 11.9. The van der Waals surface area contributed by atoms with E-state index in [1.807, 2.05) is 6.92 Å². The molecule has 5 nitrogen and oxygen atoms in total. The lowest BCUT2D eigenvalue weighted by Gasteiger charge is -2.16. The number of benzene rings is 1. The number of hydrogen-bond acceptors (Lipinski definition) is 5. The second-order valence-corrected chi connectivity index (χ2v) is 5.27. The highest BCUT2D eigenvalue weighted by Crippen LogP contribution is 2.17. The van der Waals surface area contributed by atoms with Crippen LogP contribution in [0.15, 0.2) is 24.3 Å². The number of amides is 1. The van der Waals surface area contributed by atoms with Gasteiger partial charge >= 0.3 is 0 Å². The standard InChI is InChI=1S/C13H14FN3O2S/c1-3-11(19-10-6-4-9(14)5-7-10)12(18)15-13-17-16-8(2)20-13/h4-7,11H,3H2,1-2H3,(H,15,17,18)/t11-/m0/s1. The molecule has 0 fully saturated rings. The minimum Gasteiger partial charge on any atom is -0.481 e. The fourth-order valence-electron chi connectivity index (χ4n) is 1.53. The Morgan fingerprint density at radius 3 is 2.65 bits per heavy atom. The Morgan fingerprint density at radius 2 is 2.10 bits per heavy atom. The van der Waals surface area contributed by atoms with Crippen molar-refractivity contribution in [2.45, 2.75) is 26.4 Å². The van der Waals surface area contributed by atoms with Crippen LogP contribution in [0.5, 0.6) is 5.75 Å². The molecule has 1 N–H and O–H groups in total. The van der Waals surface area contributed by atoms with E-state index >= 15 is 0 Å². The SMILES string of the molecule is CC[C@H](Oc1ccc(F)cc1)C(=O)Nc1nnc(C)s1. The zero-order chi connectivity index (χ0) is 14.5. The van der Waals surface area contributed by atoms with Crippen LogP contribution in [0.2, 0.25) is 0 Å². The summed E-state index contributed by atoms with van der Waals surface area (Å²) in [6.45, 7) is 3.64. The molecule has 0 radical (unpaired) electrons. The summed E-state index contributed by atoms with van der Waals surface area (Å²) in [5.74, 6) is -0.200. The summed E-state index contributed by atoms with van der Waals surface area (Å²) >= 11 is 1.29. The Bertz CT molecular complexity index is 586. The lowest BCUT2D eigenvalue weighted by Crippen LogP contribution is -2.32. The van der Waals surface area contributed by atoms with E-state index in [1.54, 1.807) is 6.92 Å². The van der Waals surface area contributed by atoms with Crippen LogP contribution >= 0.6 is 11.3 Å². The lowest BCUT2D eigenvalue weighted by atomic mass is 10.2. The van der Waals surface area contributed by atoms with Crippen LogP contribution in [0, 0.1) is 12.7 Å². The van der Waals surface area contributed by atoms with Crippen molar-refractivity contribution in [1.82, 2.24) is 10.2 Å². The second-order valence-electron chi connectivity index (χ2n) is 4.08. The largest absolute Gasteiger partial charge is 0.481 e. The van der Waals surface area contributed by atoms with Crippen LogP contribution in [-0.4, -0.2) is 22.2 Å². The van der Waals surface area contributed by atoms with E-state index < -0.39 is 6.10 Å². The predicted octanol–water partition coefficient (Wildman–Crippen LogP) is 2.78. The number of carbonyl (C=O) groups excluding carboxylic acids is 1. The first-order valence-electron chi connectivity index (χ1n) is 6.11. The van der Waals surface area contributed by atoms with Gasteiger partial charge in [0.1, 0.15) is 16.6 Å². The predicted molar refractivity (Wildman–Crippen MR) is 74.4 cm³/mol. The molecule has 2 aromatic rings. The molecule has 0 unspecified atom stereocenters. The van der Waals surface area contributed by atoms with Crippen LogP contribution in [0.25, 0.3) is 0 Å². The first-order valence-corrected chi connectivity index (χ1v) is 6.93. The van der Waals surface area contributed by atoms with Gasteiger partial charge in [-0.25, -0.2) is 4.39 Å². The van der Waals surface area contributed by atoms with Gasteiger partial charge in [0, 0.05) is 0 Å². The van der Waals surface area contributed by atoms with Crippen LogP contribution in [0.3, 0.4) is 0 Å². The van der Waals surface area contributed by atoms with Crippen LogP contribution in [0.1, 0.15) is 18.4 Å². The molecule has 1 heterocycles. The number of carbonyl (C=O) groups is 1. The van der Waals surface area contributed by atoms with Gasteiger partial charge in [0.15, 0.2) is 6.10 Å². The summed E-state index contributed by atoms with van der Waals surface area (Å²) in [5, 5.41) is 11.5. The summed E-state index contributed by atoms with van der Waals surface area (Å²) < 4.78 is 18.3. The number of aryl methyl sites for hydroxylation is 1. The van der Waals surface area contributed by atoms with Gasteiger partial charge in [-0.15, -0.1) is 10.2 Å². The number of hydrogen-bond donors (Lipinski definition) is 1. The van der Waals surface area contributed by atoms with E-state index in [4.69, 9.17) is 4.74 Å². The molecule has 0 saturated carbocycles. The quantitative estimate of drug-likeness (QED) is 0.921. The number of nitrogens with zero attached hydrogens (tertiary/aromatic N) is 2. The van der Waals surface area contributed by atoms with Gasteiger partial charge in [-0.1, -0.05) is 18.3 Å². The van der Waals surface area contributed by atoms with E-state index in [-0.39, 0.29) is 11.7 Å². The molecule has 0 aliphatic rings. The number of aromatic nitrogens is 2. The number of ether oxygens (including phenoxy) is 1. The maximum absolute atomic E-state index is 12.8. The van der Waals surface area contributed by atoms with Crippen LogP contribution in [-0.2, 0) is 4.79 Å². The molecular formula is C13H14FN3O2S. The van der Waals surface area contributed by atoms with Crippen molar-refractivity contribution in [3.8, 4) is 5.75 Å². The Labute approximate surface area is 119 Å². The molecule has 0 aliphatic heterocycles. The van der Waals surface area contributed by atoms with Crippen molar-refractivity contribution in [2.24, 2.45) is 0 Å². The number of halogens is 1. The van der Waals surface area contributed by atoms with Crippen molar-refractivity contribution in [3.63, 3.8) is 0 Å². The van der Waals surface area contributed by atoms with E-state index in [0.717, 1.165) is 5.01 Å². The Hall–Kier alpha value is -2.02. The van der Waals surface area contributed by atoms with Crippen molar-refractivity contribution in [2.75, 3.05) is 5.32 Å². The number of anilines is 1. The molecule has 7 heteroatoms. The summed E-state index contributed by atoms with van der Waals surface area (Å²) in [7, 11) is 0. The lowest BCUT2D eigenvalue weighted by molar-refractivity contribution is -0.122. The smallest absolute Gasteiger partial charge is 0.267 e. The molecule has 0 spiro atoms. The van der Waals surface area contributed by atoms with Crippen LogP contribution < -0.4 is 10.1 Å². The van der Waals surface area contributed by atoms with E-state index in [0.29, 0.717) is 17.3 Å². The zero-order valence-electron chi connectivity index (χ0n) is 11.1. The van der Waals surface area contributed by atoms with Crippen molar-refractivity contribution >= 4 is 22.4 Å². The molecule has 0 bridgehead atoms. The summed E-state index contributed by atoms with van der Waals surface area (Å²) in [6.07, 6.45) is -0.175. The highest BCUT2D eigenvalue weighted by molar-refractivity contribution is 7.15. The van der Waals surface area contributed by atoms with Crippen molar-refractivity contribution in [3.05, 3.63) is 35.1 Å². The van der Waals surface area contributed by atoms with E-state index in [1.165, 1.54) is 35.6 Å². The Morgan fingerprint density at radius 1 is 1.40 bits per heavy atom. The minimum absolute atomic E-state index is 0.298. The molecule has 106 valence electrons. The van der Waals surface area contributed by atoms with Gasteiger partial charge in [0.2, 0.25) is 5.13 Å². The molecule has 1 aromatic heterocycles. The maximum Gasteiger partial charge on any atom is 0.267 e. The zero-order valence-corrected chi connectivity index (χ0v) is 11.9. The maximum atomic E-state index is 12.8. The fraction of sp³-hybridized carbons (Fsp3) is 0.308. The average Bonchev–Trinajstić information content (AvgIpc) is 2.83. The van der Waals surface area contributed by atoms with Gasteiger partial charge in [0.25, 0.3) is 5.91 Å². The molecule has 0 aliphatic carbocycles. The first kappa shape index (κ1) is 14.4. The molecule has 1 amide bonds. The van der Waals surface area contributed by atoms with Gasteiger partial charge < -0.3 is 4.74 Å². The summed E-state index contributed by atoms with van der Waals surface area (Å²) in [4.78, 5) is 12.1. The van der Waals surface area contributed by atoms with E-state index in [2.05, 4.69) is 15.5 Å². The fourth-order valence-corrected chi connectivity index (χ4v) is 2.13. The highest BCUT2D eigenvalue weighted by Gasteiger charge is 2.19. The molecule has 1 atom stereocenters.